The Morgan fingerprint density at radius 3 is 2.53 bits per heavy atom. The molecule has 1 aliphatic carbocycles. The zero-order valence-electron chi connectivity index (χ0n) is 21.0. The van der Waals surface area contributed by atoms with Crippen LogP contribution in [0.5, 0.6) is 0 Å². The van der Waals surface area contributed by atoms with E-state index in [-0.39, 0.29) is 11.3 Å². The van der Waals surface area contributed by atoms with Gasteiger partial charge >= 0.3 is 12.1 Å². The molecule has 0 spiro atoms. The van der Waals surface area contributed by atoms with Crippen LogP contribution in [0.1, 0.15) is 54.4 Å². The normalized spacial score (nSPS) is 15.6. The average Bonchev–Trinajstić information content (AvgIpc) is 2.84. The Morgan fingerprint density at radius 1 is 1.16 bits per heavy atom. The number of hydrogen-bond donors (Lipinski definition) is 1. The van der Waals surface area contributed by atoms with E-state index < -0.39 is 46.5 Å². The summed E-state index contributed by atoms with van der Waals surface area (Å²) in [7, 11) is 0. The molecule has 8 nitrogen and oxygen atoms in total. The number of halogens is 3. The quantitative estimate of drug-likeness (QED) is 0.243. The van der Waals surface area contributed by atoms with Crippen molar-refractivity contribution in [1.29, 1.82) is 0 Å². The van der Waals surface area contributed by atoms with Crippen molar-refractivity contribution in [2.24, 2.45) is 11.3 Å². The fourth-order valence-corrected chi connectivity index (χ4v) is 4.74. The van der Waals surface area contributed by atoms with E-state index in [0.717, 1.165) is 29.8 Å². The summed E-state index contributed by atoms with van der Waals surface area (Å²) in [5, 5.41) is 13.5. The lowest BCUT2D eigenvalue weighted by atomic mass is 9.70. The van der Waals surface area contributed by atoms with Gasteiger partial charge in [0.05, 0.1) is 27.3 Å². The minimum atomic E-state index is -4.95. The van der Waals surface area contributed by atoms with Gasteiger partial charge in [0.1, 0.15) is 0 Å². The second-order valence-corrected chi connectivity index (χ2v) is 10.3. The summed E-state index contributed by atoms with van der Waals surface area (Å²) >= 11 is 0. The number of benzene rings is 2. The summed E-state index contributed by atoms with van der Waals surface area (Å²) in [4.78, 5) is 40.4. The minimum Gasteiger partial charge on any atom is -0.452 e. The first-order valence-corrected chi connectivity index (χ1v) is 12.0. The monoisotopic (exact) mass is 529 g/mol. The number of nitro benzene ring substituents is 1. The number of rotatable bonds is 5. The number of fused-ring (bicyclic) bond motifs is 2. The highest BCUT2D eigenvalue weighted by Crippen LogP contribution is 2.40. The van der Waals surface area contributed by atoms with Gasteiger partial charge in [-0.25, -0.2) is 4.79 Å². The first-order chi connectivity index (χ1) is 17.8. The summed E-state index contributed by atoms with van der Waals surface area (Å²) < 4.78 is 45.6. The number of esters is 1. The van der Waals surface area contributed by atoms with Crippen molar-refractivity contribution < 1.29 is 32.4 Å². The van der Waals surface area contributed by atoms with Crippen LogP contribution in [0.2, 0.25) is 0 Å². The highest BCUT2D eigenvalue weighted by molar-refractivity contribution is 6.06. The molecule has 200 valence electrons. The predicted octanol–water partition coefficient (Wildman–Crippen LogP) is 6.11. The third-order valence-electron chi connectivity index (χ3n) is 6.82. The maximum Gasteiger partial charge on any atom is 0.418 e. The largest absolute Gasteiger partial charge is 0.452 e. The Labute approximate surface area is 216 Å². The Morgan fingerprint density at radius 2 is 1.87 bits per heavy atom. The highest BCUT2D eigenvalue weighted by Gasteiger charge is 2.36. The van der Waals surface area contributed by atoms with E-state index in [2.05, 4.69) is 20.8 Å². The van der Waals surface area contributed by atoms with Gasteiger partial charge in [-0.15, -0.1) is 0 Å². The second kappa shape index (κ2) is 10.0. The zero-order valence-corrected chi connectivity index (χ0v) is 21.0. The number of alkyl halides is 3. The molecule has 1 aromatic heterocycles. The van der Waals surface area contributed by atoms with Crippen LogP contribution in [0.25, 0.3) is 10.9 Å². The smallest absolute Gasteiger partial charge is 0.418 e. The molecular weight excluding hydrogens is 503 g/mol. The number of non-ortho nitro benzene ring substituents is 1. The lowest BCUT2D eigenvalue weighted by Crippen LogP contribution is -2.29. The van der Waals surface area contributed by atoms with Crippen LogP contribution in [-0.4, -0.2) is 28.4 Å². The van der Waals surface area contributed by atoms with Crippen LogP contribution >= 0.6 is 0 Å². The van der Waals surface area contributed by atoms with Crippen molar-refractivity contribution in [3.8, 4) is 0 Å². The minimum absolute atomic E-state index is 0.00859. The number of hydrogen-bond acceptors (Lipinski definition) is 6. The lowest BCUT2D eigenvalue weighted by Gasteiger charge is -2.35. The van der Waals surface area contributed by atoms with Crippen molar-refractivity contribution in [2.75, 3.05) is 11.9 Å². The van der Waals surface area contributed by atoms with Gasteiger partial charge in [0.15, 0.2) is 6.61 Å². The standard InChI is InChI=1S/C27H26F3N3O5/c1-26(2,3)15-8-10-21-18(12-15)24(17-6-4-5-7-20(17)31-21)25(35)38-14-23(34)32-22-11-9-16(33(36)37)13-19(22)27(28,29)30/h4-7,9,11,13,15H,8,10,12,14H2,1-3H3,(H,32,34)/t15-/m0/s1. The Kier molecular flexibility index (Phi) is 7.14. The van der Waals surface area contributed by atoms with E-state index >= 15 is 0 Å². The molecular formula is C27H26F3N3O5. The molecule has 4 rings (SSSR count). The number of aryl methyl sites for hydroxylation is 1. The molecule has 1 atom stereocenters. The molecule has 0 radical (unpaired) electrons. The third kappa shape index (κ3) is 5.61. The van der Waals surface area contributed by atoms with Crippen LogP contribution < -0.4 is 5.32 Å². The van der Waals surface area contributed by atoms with Crippen molar-refractivity contribution in [3.63, 3.8) is 0 Å². The van der Waals surface area contributed by atoms with Crippen LogP contribution in [-0.2, 0) is 28.5 Å². The predicted molar refractivity (Wildman–Crippen MR) is 134 cm³/mol. The van der Waals surface area contributed by atoms with Crippen LogP contribution in [0.3, 0.4) is 0 Å². The van der Waals surface area contributed by atoms with Crippen LogP contribution in [0.15, 0.2) is 42.5 Å². The number of carbonyl (C=O) groups is 2. The molecule has 1 heterocycles. The maximum absolute atomic E-state index is 13.4. The van der Waals surface area contributed by atoms with Gasteiger partial charge in [-0.2, -0.15) is 13.2 Å². The number of nitro groups is 1. The van der Waals surface area contributed by atoms with Gasteiger partial charge in [-0.05, 0) is 48.3 Å². The third-order valence-corrected chi connectivity index (χ3v) is 6.82. The summed E-state index contributed by atoms with van der Waals surface area (Å²) in [6, 6.07) is 9.06. The Hall–Kier alpha value is -4.02. The van der Waals surface area contributed by atoms with E-state index in [0.29, 0.717) is 35.4 Å². The number of aromatic nitrogens is 1. The molecule has 0 fully saturated rings. The van der Waals surface area contributed by atoms with Crippen molar-refractivity contribution in [2.45, 2.75) is 46.2 Å². The Balaban J connectivity index is 1.58. The van der Waals surface area contributed by atoms with Gasteiger partial charge in [0.2, 0.25) is 0 Å². The number of anilines is 1. The van der Waals surface area contributed by atoms with E-state index in [1.165, 1.54) is 0 Å². The first-order valence-electron chi connectivity index (χ1n) is 12.0. The van der Waals surface area contributed by atoms with Gasteiger partial charge in [0, 0.05) is 23.2 Å². The van der Waals surface area contributed by atoms with Crippen LogP contribution in [0.4, 0.5) is 24.5 Å². The Bertz CT molecular complexity index is 1430. The number of nitrogens with one attached hydrogen (secondary N) is 1. The fraction of sp³-hybridized carbons (Fsp3) is 0.370. The molecule has 1 amide bonds. The summed E-state index contributed by atoms with van der Waals surface area (Å²) in [6.45, 7) is 5.55. The van der Waals surface area contributed by atoms with Gasteiger partial charge in [0.25, 0.3) is 11.6 Å². The molecule has 0 unspecified atom stereocenters. The average molecular weight is 530 g/mol. The van der Waals surface area contributed by atoms with E-state index in [1.807, 2.05) is 5.32 Å². The van der Waals surface area contributed by atoms with Gasteiger partial charge in [-0.1, -0.05) is 39.0 Å². The van der Waals surface area contributed by atoms with Gasteiger partial charge < -0.3 is 10.1 Å². The number of amides is 1. The molecule has 1 N–H and O–H groups in total. The summed E-state index contributed by atoms with van der Waals surface area (Å²) in [5.41, 5.74) is -0.374. The molecule has 0 aliphatic heterocycles. The van der Waals surface area contributed by atoms with E-state index in [4.69, 9.17) is 9.72 Å². The first kappa shape index (κ1) is 27.0. The SMILES string of the molecule is CC(C)(C)[C@H]1CCc2nc3ccccc3c(C(=O)OCC(=O)Nc3ccc([N+](=O)[O-])cc3C(F)(F)F)c2C1. The molecule has 38 heavy (non-hydrogen) atoms. The van der Waals surface area contributed by atoms with Crippen LogP contribution in [0, 0.1) is 21.4 Å². The molecule has 2 aromatic carbocycles. The number of para-hydroxylation sites is 1. The molecule has 3 aromatic rings. The second-order valence-electron chi connectivity index (χ2n) is 10.3. The zero-order chi connectivity index (χ0) is 27.8. The topological polar surface area (TPSA) is 111 Å². The van der Waals surface area contributed by atoms with E-state index in [9.17, 15) is 32.9 Å². The highest BCUT2D eigenvalue weighted by atomic mass is 19.4. The van der Waals surface area contributed by atoms with Crippen molar-refractivity contribution in [1.82, 2.24) is 4.98 Å². The van der Waals surface area contributed by atoms with Crippen molar-refractivity contribution >= 4 is 34.2 Å². The van der Waals surface area contributed by atoms with E-state index in [1.54, 1.807) is 24.3 Å². The summed E-state index contributed by atoms with van der Waals surface area (Å²) in [5.74, 6) is -1.50. The van der Waals surface area contributed by atoms with Gasteiger partial charge in [-0.3, -0.25) is 19.9 Å². The molecule has 0 saturated carbocycles. The lowest BCUT2D eigenvalue weighted by molar-refractivity contribution is -0.385. The number of nitrogens with zero attached hydrogens (tertiary/aromatic N) is 2. The number of pyridine rings is 1. The molecule has 11 heteroatoms. The maximum atomic E-state index is 13.4. The molecule has 0 saturated heterocycles. The molecule has 1 aliphatic rings. The molecule has 0 bridgehead atoms. The fourth-order valence-electron chi connectivity index (χ4n) is 4.74. The summed E-state index contributed by atoms with van der Waals surface area (Å²) in [6.07, 6.45) is -2.76. The number of ether oxygens (including phenoxy) is 1. The van der Waals surface area contributed by atoms with Crippen molar-refractivity contribution in [3.05, 3.63) is 75.0 Å². The number of carbonyl (C=O) groups excluding carboxylic acids is 2.